The summed E-state index contributed by atoms with van der Waals surface area (Å²) in [6.07, 6.45) is 0. The molecule has 1 aliphatic rings. The van der Waals surface area contributed by atoms with Crippen LogP contribution in [0.5, 0.6) is 11.5 Å². The second-order valence-corrected chi connectivity index (χ2v) is 4.45. The minimum absolute atomic E-state index is 0.414. The molecule has 98 valence electrons. The van der Waals surface area contributed by atoms with Crippen molar-refractivity contribution in [3.8, 4) is 11.5 Å². The number of benzene rings is 1. The van der Waals surface area contributed by atoms with Crippen LogP contribution in [0.1, 0.15) is 6.92 Å². The summed E-state index contributed by atoms with van der Waals surface area (Å²) in [4.78, 5) is 12.7. The molecule has 1 heterocycles. The first-order valence-corrected chi connectivity index (χ1v) is 5.91. The van der Waals surface area contributed by atoms with Gasteiger partial charge in [-0.2, -0.15) is 0 Å². The molecule has 0 saturated carbocycles. The van der Waals surface area contributed by atoms with Gasteiger partial charge in [0.05, 0.1) is 5.92 Å². The number of ether oxygens (including phenoxy) is 2. The quantitative estimate of drug-likeness (QED) is 0.881. The third-order valence-corrected chi connectivity index (χ3v) is 2.94. The molecular formula is C13H17NO4. The molecule has 1 N–H and O–H groups in total. The van der Waals surface area contributed by atoms with Gasteiger partial charge in [-0.05, 0) is 12.1 Å². The molecule has 0 aliphatic carbocycles. The summed E-state index contributed by atoms with van der Waals surface area (Å²) in [5, 5.41) is 8.90. The number of aliphatic carboxylic acids is 1. The molecule has 2 rings (SSSR count). The number of anilines is 1. The van der Waals surface area contributed by atoms with E-state index in [1.165, 1.54) is 0 Å². The van der Waals surface area contributed by atoms with Crippen molar-refractivity contribution in [2.24, 2.45) is 5.92 Å². The molecule has 1 atom stereocenters. The van der Waals surface area contributed by atoms with Gasteiger partial charge in [-0.25, -0.2) is 0 Å². The van der Waals surface area contributed by atoms with E-state index in [0.717, 1.165) is 11.4 Å². The third kappa shape index (κ3) is 2.67. The van der Waals surface area contributed by atoms with Gasteiger partial charge < -0.3 is 19.5 Å². The van der Waals surface area contributed by atoms with Crippen molar-refractivity contribution >= 4 is 11.7 Å². The van der Waals surface area contributed by atoms with Crippen LogP contribution in [0.3, 0.4) is 0 Å². The number of nitrogens with zero attached hydrogens (tertiary/aromatic N) is 1. The predicted octanol–water partition coefficient (Wildman–Crippen LogP) is 1.61. The van der Waals surface area contributed by atoms with E-state index >= 15 is 0 Å². The van der Waals surface area contributed by atoms with Crippen molar-refractivity contribution in [3.05, 3.63) is 18.2 Å². The summed E-state index contributed by atoms with van der Waals surface area (Å²) < 4.78 is 10.9. The minimum atomic E-state index is -0.792. The molecule has 0 fully saturated rings. The van der Waals surface area contributed by atoms with Gasteiger partial charge in [0.25, 0.3) is 0 Å². The van der Waals surface area contributed by atoms with Gasteiger partial charge in [-0.15, -0.1) is 0 Å². The van der Waals surface area contributed by atoms with Crippen molar-refractivity contribution in [2.75, 3.05) is 31.7 Å². The summed E-state index contributed by atoms with van der Waals surface area (Å²) in [6, 6.07) is 5.64. The molecular weight excluding hydrogens is 234 g/mol. The van der Waals surface area contributed by atoms with E-state index in [0.29, 0.717) is 25.5 Å². The van der Waals surface area contributed by atoms with E-state index in [2.05, 4.69) is 0 Å². The fraction of sp³-hybridized carbons (Fsp3) is 0.462. The Morgan fingerprint density at radius 2 is 2.06 bits per heavy atom. The number of carboxylic acid groups (broad SMARTS) is 1. The number of fused-ring (bicyclic) bond motifs is 1. The van der Waals surface area contributed by atoms with Crippen molar-refractivity contribution in [1.29, 1.82) is 0 Å². The highest BCUT2D eigenvalue weighted by atomic mass is 16.6. The van der Waals surface area contributed by atoms with Crippen LogP contribution >= 0.6 is 0 Å². The van der Waals surface area contributed by atoms with Crippen LogP contribution in [0.2, 0.25) is 0 Å². The zero-order valence-corrected chi connectivity index (χ0v) is 10.5. The third-order valence-electron chi connectivity index (χ3n) is 2.94. The van der Waals surface area contributed by atoms with Gasteiger partial charge in [0.2, 0.25) is 0 Å². The van der Waals surface area contributed by atoms with Gasteiger partial charge >= 0.3 is 5.97 Å². The Bertz CT molecular complexity index is 447. The normalized spacial score (nSPS) is 15.0. The van der Waals surface area contributed by atoms with Crippen LogP contribution in [0.15, 0.2) is 18.2 Å². The first-order valence-electron chi connectivity index (χ1n) is 5.91. The Morgan fingerprint density at radius 3 is 2.72 bits per heavy atom. The number of carboxylic acids is 1. The lowest BCUT2D eigenvalue weighted by atomic mass is 10.1. The summed E-state index contributed by atoms with van der Waals surface area (Å²) in [5.74, 6) is 0.251. The van der Waals surface area contributed by atoms with E-state index in [9.17, 15) is 4.79 Å². The van der Waals surface area contributed by atoms with Gasteiger partial charge in [0.15, 0.2) is 11.5 Å². The average molecular weight is 251 g/mol. The van der Waals surface area contributed by atoms with Crippen molar-refractivity contribution in [2.45, 2.75) is 6.92 Å². The molecule has 0 saturated heterocycles. The first kappa shape index (κ1) is 12.5. The topological polar surface area (TPSA) is 59.0 Å². The lowest BCUT2D eigenvalue weighted by Crippen LogP contribution is -2.28. The smallest absolute Gasteiger partial charge is 0.308 e. The second kappa shape index (κ2) is 5.16. The highest BCUT2D eigenvalue weighted by molar-refractivity contribution is 5.70. The average Bonchev–Trinajstić information content (AvgIpc) is 2.37. The molecule has 1 aromatic carbocycles. The first-order chi connectivity index (χ1) is 8.58. The van der Waals surface area contributed by atoms with Crippen LogP contribution in [0.25, 0.3) is 0 Å². The number of rotatable bonds is 4. The number of hydrogen-bond donors (Lipinski definition) is 1. The van der Waals surface area contributed by atoms with Crippen molar-refractivity contribution < 1.29 is 19.4 Å². The zero-order valence-electron chi connectivity index (χ0n) is 10.5. The van der Waals surface area contributed by atoms with Crippen LogP contribution in [0.4, 0.5) is 5.69 Å². The summed E-state index contributed by atoms with van der Waals surface area (Å²) in [7, 11) is 1.87. The summed E-state index contributed by atoms with van der Waals surface area (Å²) in [5.41, 5.74) is 0.923. The zero-order chi connectivity index (χ0) is 13.1. The highest BCUT2D eigenvalue weighted by Crippen LogP contribution is 2.33. The molecule has 0 aromatic heterocycles. The maximum absolute atomic E-state index is 10.8. The van der Waals surface area contributed by atoms with Gasteiger partial charge in [0, 0.05) is 25.3 Å². The highest BCUT2D eigenvalue weighted by Gasteiger charge is 2.16. The Kier molecular flexibility index (Phi) is 3.60. The van der Waals surface area contributed by atoms with Gasteiger partial charge in [-0.1, -0.05) is 6.92 Å². The lowest BCUT2D eigenvalue weighted by Gasteiger charge is -2.24. The predicted molar refractivity (Wildman–Crippen MR) is 67.5 cm³/mol. The summed E-state index contributed by atoms with van der Waals surface area (Å²) >= 11 is 0. The van der Waals surface area contributed by atoms with Crippen LogP contribution in [-0.2, 0) is 4.79 Å². The number of carbonyl (C=O) groups is 1. The number of hydrogen-bond acceptors (Lipinski definition) is 4. The molecule has 0 bridgehead atoms. The van der Waals surface area contributed by atoms with E-state index in [1.54, 1.807) is 6.92 Å². The van der Waals surface area contributed by atoms with Crippen molar-refractivity contribution in [1.82, 2.24) is 0 Å². The maximum Gasteiger partial charge on any atom is 0.308 e. The standard InChI is InChI=1S/C13H17NO4/c1-9(13(15)16)8-14(2)10-3-4-11-12(7-10)18-6-5-17-11/h3-4,7,9H,5-6,8H2,1-2H3,(H,15,16). The molecule has 1 unspecified atom stereocenters. The van der Waals surface area contributed by atoms with Gasteiger partial charge in [-0.3, -0.25) is 4.79 Å². The van der Waals surface area contributed by atoms with E-state index in [4.69, 9.17) is 14.6 Å². The largest absolute Gasteiger partial charge is 0.486 e. The molecule has 5 heteroatoms. The van der Waals surface area contributed by atoms with Crippen LogP contribution in [-0.4, -0.2) is 37.9 Å². The maximum atomic E-state index is 10.8. The Balaban J connectivity index is 2.11. The second-order valence-electron chi connectivity index (χ2n) is 4.45. The molecule has 1 aliphatic heterocycles. The van der Waals surface area contributed by atoms with E-state index < -0.39 is 11.9 Å². The molecule has 0 amide bonds. The van der Waals surface area contributed by atoms with Crippen LogP contribution < -0.4 is 14.4 Å². The lowest BCUT2D eigenvalue weighted by molar-refractivity contribution is -0.140. The van der Waals surface area contributed by atoms with E-state index in [-0.39, 0.29) is 0 Å². The molecule has 0 spiro atoms. The molecule has 1 aromatic rings. The molecule has 0 radical (unpaired) electrons. The molecule has 18 heavy (non-hydrogen) atoms. The van der Waals surface area contributed by atoms with Gasteiger partial charge in [0.1, 0.15) is 13.2 Å². The fourth-order valence-electron chi connectivity index (χ4n) is 1.86. The minimum Gasteiger partial charge on any atom is -0.486 e. The Morgan fingerprint density at radius 1 is 1.39 bits per heavy atom. The Hall–Kier alpha value is -1.91. The monoisotopic (exact) mass is 251 g/mol. The van der Waals surface area contributed by atoms with E-state index in [1.807, 2.05) is 30.1 Å². The van der Waals surface area contributed by atoms with Crippen molar-refractivity contribution in [3.63, 3.8) is 0 Å². The SMILES string of the molecule is CC(CN(C)c1ccc2c(c1)OCCO2)C(=O)O. The van der Waals surface area contributed by atoms with Crippen LogP contribution in [0, 0.1) is 5.92 Å². The summed E-state index contributed by atoms with van der Waals surface area (Å²) in [6.45, 7) is 3.26. The fourth-order valence-corrected chi connectivity index (χ4v) is 1.86. The molecule has 5 nitrogen and oxygen atoms in total. The Labute approximate surface area is 106 Å².